The average Bonchev–Trinajstić information content (AvgIpc) is 3.00. The fourth-order valence-corrected chi connectivity index (χ4v) is 2.52. The lowest BCUT2D eigenvalue weighted by atomic mass is 10.3. The molecule has 9 heteroatoms. The molecular formula is C12H16N4O4S. The van der Waals surface area contributed by atoms with Gasteiger partial charge < -0.3 is 9.84 Å². The smallest absolute Gasteiger partial charge is 0.240 e. The maximum absolute atomic E-state index is 12.1. The number of ether oxygens (including phenoxy) is 1. The minimum atomic E-state index is -3.61. The van der Waals surface area contributed by atoms with Crippen molar-refractivity contribution in [2.75, 3.05) is 13.2 Å². The first-order valence-corrected chi connectivity index (χ1v) is 7.78. The van der Waals surface area contributed by atoms with Gasteiger partial charge >= 0.3 is 0 Å². The van der Waals surface area contributed by atoms with Crippen LogP contribution in [0.5, 0.6) is 5.75 Å². The van der Waals surface area contributed by atoms with E-state index in [0.717, 1.165) is 0 Å². The number of sulfonamides is 1. The standard InChI is InChI=1S/C12H16N4O4S/c17-6-1-7-20-10-2-4-11(5-3-10)21(18,19)15-8-12-13-9-14-16-12/h2-5,9,15,17H,1,6-8H2,(H,13,14,16). The Balaban J connectivity index is 1.96. The third kappa shape index (κ3) is 4.52. The number of nitrogens with zero attached hydrogens (tertiary/aromatic N) is 2. The number of aromatic nitrogens is 3. The zero-order valence-electron chi connectivity index (χ0n) is 11.2. The molecule has 8 nitrogen and oxygen atoms in total. The minimum absolute atomic E-state index is 0.0388. The van der Waals surface area contributed by atoms with Crippen LogP contribution in [0.4, 0.5) is 0 Å². The van der Waals surface area contributed by atoms with Crippen molar-refractivity contribution in [3.63, 3.8) is 0 Å². The Labute approximate surface area is 122 Å². The predicted molar refractivity (Wildman–Crippen MR) is 74.0 cm³/mol. The Kier molecular flexibility index (Phi) is 5.26. The molecule has 0 saturated carbocycles. The third-order valence-corrected chi connectivity index (χ3v) is 4.02. The summed E-state index contributed by atoms with van der Waals surface area (Å²) in [5.74, 6) is 0.986. The van der Waals surface area contributed by atoms with Gasteiger partial charge in [0.1, 0.15) is 17.9 Å². The Morgan fingerprint density at radius 3 is 2.67 bits per heavy atom. The van der Waals surface area contributed by atoms with E-state index in [1.54, 1.807) is 12.1 Å². The van der Waals surface area contributed by atoms with Crippen LogP contribution in [0.1, 0.15) is 12.2 Å². The van der Waals surface area contributed by atoms with Crippen LogP contribution in [-0.2, 0) is 16.6 Å². The zero-order chi connectivity index (χ0) is 15.1. The van der Waals surface area contributed by atoms with Crippen LogP contribution in [0.2, 0.25) is 0 Å². The van der Waals surface area contributed by atoms with Crippen molar-refractivity contribution in [3.05, 3.63) is 36.4 Å². The van der Waals surface area contributed by atoms with Gasteiger partial charge in [0, 0.05) is 13.0 Å². The highest BCUT2D eigenvalue weighted by atomic mass is 32.2. The quantitative estimate of drug-likeness (QED) is 0.593. The second-order valence-corrected chi connectivity index (χ2v) is 5.92. The van der Waals surface area contributed by atoms with Gasteiger partial charge in [0.25, 0.3) is 0 Å². The summed E-state index contributed by atoms with van der Waals surface area (Å²) in [7, 11) is -3.61. The molecule has 0 atom stereocenters. The van der Waals surface area contributed by atoms with Crippen LogP contribution in [0.3, 0.4) is 0 Å². The van der Waals surface area contributed by atoms with Crippen LogP contribution >= 0.6 is 0 Å². The number of H-pyrrole nitrogens is 1. The third-order valence-electron chi connectivity index (χ3n) is 2.60. The molecule has 0 fully saturated rings. The van der Waals surface area contributed by atoms with Gasteiger partial charge in [-0.25, -0.2) is 18.1 Å². The molecule has 0 spiro atoms. The summed E-state index contributed by atoms with van der Waals surface area (Å²) in [4.78, 5) is 3.97. The number of hydrogen-bond donors (Lipinski definition) is 3. The minimum Gasteiger partial charge on any atom is -0.494 e. The first kappa shape index (κ1) is 15.4. The Bertz CT molecular complexity index is 640. The molecule has 0 amide bonds. The predicted octanol–water partition coefficient (Wildman–Crippen LogP) is 0.0444. The van der Waals surface area contributed by atoms with Crippen LogP contribution in [0.25, 0.3) is 0 Å². The van der Waals surface area contributed by atoms with Gasteiger partial charge in [0.05, 0.1) is 18.0 Å². The monoisotopic (exact) mass is 312 g/mol. The highest BCUT2D eigenvalue weighted by Crippen LogP contribution is 2.16. The number of rotatable bonds is 8. The molecule has 0 bridgehead atoms. The maximum atomic E-state index is 12.1. The number of aliphatic hydroxyl groups excluding tert-OH is 1. The summed E-state index contributed by atoms with van der Waals surface area (Å²) in [5, 5.41) is 14.9. The molecule has 0 saturated heterocycles. The molecule has 2 aromatic rings. The number of aliphatic hydroxyl groups is 1. The number of hydrogen-bond acceptors (Lipinski definition) is 6. The lowest BCUT2D eigenvalue weighted by Crippen LogP contribution is -2.23. The molecule has 0 aliphatic carbocycles. The number of nitrogens with one attached hydrogen (secondary N) is 2. The summed E-state index contributed by atoms with van der Waals surface area (Å²) in [6.07, 6.45) is 1.83. The first-order chi connectivity index (χ1) is 10.1. The van der Waals surface area contributed by atoms with Crippen molar-refractivity contribution in [2.24, 2.45) is 0 Å². The summed E-state index contributed by atoms with van der Waals surface area (Å²) in [6, 6.07) is 6.05. The van der Waals surface area contributed by atoms with Gasteiger partial charge in [0.2, 0.25) is 10.0 Å². The lowest BCUT2D eigenvalue weighted by Gasteiger charge is -2.08. The summed E-state index contributed by atoms with van der Waals surface area (Å²) < 4.78 is 31.9. The van der Waals surface area contributed by atoms with E-state index >= 15 is 0 Å². The Morgan fingerprint density at radius 2 is 2.05 bits per heavy atom. The van der Waals surface area contributed by atoms with Gasteiger partial charge in [-0.2, -0.15) is 5.10 Å². The van der Waals surface area contributed by atoms with E-state index in [1.165, 1.54) is 18.5 Å². The summed E-state index contributed by atoms with van der Waals surface area (Å²) in [5.41, 5.74) is 0. The number of aromatic amines is 1. The van der Waals surface area contributed by atoms with Crippen LogP contribution < -0.4 is 9.46 Å². The SMILES string of the molecule is O=S(=O)(NCc1ncn[nH]1)c1ccc(OCCCO)cc1. The first-order valence-electron chi connectivity index (χ1n) is 6.29. The fourth-order valence-electron chi connectivity index (χ4n) is 1.53. The molecule has 114 valence electrons. The highest BCUT2D eigenvalue weighted by molar-refractivity contribution is 7.89. The van der Waals surface area contributed by atoms with Crippen molar-refractivity contribution in [2.45, 2.75) is 17.9 Å². The van der Waals surface area contributed by atoms with Gasteiger partial charge in [-0.15, -0.1) is 0 Å². The zero-order valence-corrected chi connectivity index (χ0v) is 12.0. The fraction of sp³-hybridized carbons (Fsp3) is 0.333. The van der Waals surface area contributed by atoms with Crippen LogP contribution in [0.15, 0.2) is 35.5 Å². The molecule has 0 radical (unpaired) electrons. The van der Waals surface area contributed by atoms with Crippen molar-refractivity contribution >= 4 is 10.0 Å². The van der Waals surface area contributed by atoms with Gasteiger partial charge in [-0.3, -0.25) is 5.10 Å². The Hall–Kier alpha value is -1.97. The van der Waals surface area contributed by atoms with Gasteiger partial charge in [0.15, 0.2) is 0 Å². The van der Waals surface area contributed by atoms with Crippen LogP contribution in [0, 0.1) is 0 Å². The topological polar surface area (TPSA) is 117 Å². The van der Waals surface area contributed by atoms with E-state index in [9.17, 15) is 8.42 Å². The molecule has 1 heterocycles. The normalized spacial score (nSPS) is 11.5. The van der Waals surface area contributed by atoms with E-state index < -0.39 is 10.0 Å². The molecule has 3 N–H and O–H groups in total. The maximum Gasteiger partial charge on any atom is 0.240 e. The largest absolute Gasteiger partial charge is 0.494 e. The molecule has 0 aliphatic rings. The van der Waals surface area contributed by atoms with Crippen LogP contribution in [-0.4, -0.2) is 41.9 Å². The molecule has 0 aliphatic heterocycles. The van der Waals surface area contributed by atoms with E-state index in [1.807, 2.05) is 0 Å². The molecule has 0 unspecified atom stereocenters. The molecule has 1 aromatic carbocycles. The van der Waals surface area contributed by atoms with Crippen molar-refractivity contribution in [3.8, 4) is 5.75 Å². The number of benzene rings is 1. The second kappa shape index (κ2) is 7.16. The lowest BCUT2D eigenvalue weighted by molar-refractivity contribution is 0.233. The van der Waals surface area contributed by atoms with Crippen molar-refractivity contribution in [1.29, 1.82) is 0 Å². The van der Waals surface area contributed by atoms with E-state index in [4.69, 9.17) is 9.84 Å². The average molecular weight is 312 g/mol. The van der Waals surface area contributed by atoms with E-state index in [0.29, 0.717) is 24.6 Å². The molecular weight excluding hydrogens is 296 g/mol. The van der Waals surface area contributed by atoms with E-state index in [2.05, 4.69) is 19.9 Å². The Morgan fingerprint density at radius 1 is 1.29 bits per heavy atom. The summed E-state index contributed by atoms with van der Waals surface area (Å²) in [6.45, 7) is 0.474. The summed E-state index contributed by atoms with van der Waals surface area (Å²) >= 11 is 0. The van der Waals surface area contributed by atoms with Crippen molar-refractivity contribution in [1.82, 2.24) is 19.9 Å². The molecule has 1 aromatic heterocycles. The van der Waals surface area contributed by atoms with Crippen molar-refractivity contribution < 1.29 is 18.3 Å². The molecule has 2 rings (SSSR count). The van der Waals surface area contributed by atoms with Gasteiger partial charge in [-0.1, -0.05) is 0 Å². The second-order valence-electron chi connectivity index (χ2n) is 4.15. The van der Waals surface area contributed by atoms with E-state index in [-0.39, 0.29) is 18.0 Å². The highest BCUT2D eigenvalue weighted by Gasteiger charge is 2.14. The molecule has 21 heavy (non-hydrogen) atoms. The van der Waals surface area contributed by atoms with Gasteiger partial charge in [-0.05, 0) is 24.3 Å².